The molecule has 3 N–H and O–H groups in total. The van der Waals surface area contributed by atoms with E-state index in [2.05, 4.69) is 5.32 Å². The summed E-state index contributed by atoms with van der Waals surface area (Å²) in [6.07, 6.45) is -3.92. The van der Waals surface area contributed by atoms with Crippen molar-refractivity contribution in [3.63, 3.8) is 0 Å². The molecule has 1 unspecified atom stereocenters. The van der Waals surface area contributed by atoms with E-state index in [1.807, 2.05) is 0 Å². The third-order valence-electron chi connectivity index (χ3n) is 2.03. The van der Waals surface area contributed by atoms with Crippen LogP contribution < -0.4 is 5.32 Å². The van der Waals surface area contributed by atoms with Gasteiger partial charge in [0.05, 0.1) is 12.2 Å². The summed E-state index contributed by atoms with van der Waals surface area (Å²) in [6.45, 7) is 5.95. The molecule has 1 rings (SSSR count). The predicted octanol–water partition coefficient (Wildman–Crippen LogP) is -1.00. The van der Waals surface area contributed by atoms with Gasteiger partial charge in [0.15, 0.2) is 12.4 Å². The summed E-state index contributed by atoms with van der Waals surface area (Å²) < 4.78 is 10.2. The minimum atomic E-state index is -1.45. The second-order valence-electron chi connectivity index (χ2n) is 4.69. The summed E-state index contributed by atoms with van der Waals surface area (Å²) in [7, 11) is 0. The Kier molecular flexibility index (Phi) is 4.26. The average Bonchev–Trinajstić information content (AvgIpc) is 2.15. The molecule has 0 radical (unpaired) electrons. The van der Waals surface area contributed by atoms with Crippen LogP contribution in [-0.4, -0.2) is 53.4 Å². The first-order valence-electron chi connectivity index (χ1n) is 5.24. The van der Waals surface area contributed by atoms with E-state index in [0.29, 0.717) is 13.2 Å². The Bertz CT molecular complexity index is 250. The smallest absolute Gasteiger partial charge is 0.252 e. The first kappa shape index (κ1) is 13.4. The van der Waals surface area contributed by atoms with Gasteiger partial charge >= 0.3 is 0 Å². The minimum absolute atomic E-state index is 0.315. The van der Waals surface area contributed by atoms with Crippen molar-refractivity contribution in [3.05, 3.63) is 0 Å². The highest BCUT2D eigenvalue weighted by molar-refractivity contribution is 5.82. The lowest BCUT2D eigenvalue weighted by atomic mass is 10.1. The molecule has 1 saturated heterocycles. The fourth-order valence-electron chi connectivity index (χ4n) is 1.37. The van der Waals surface area contributed by atoms with Crippen LogP contribution in [0.25, 0.3) is 0 Å². The molecule has 0 aliphatic carbocycles. The summed E-state index contributed by atoms with van der Waals surface area (Å²) in [5, 5.41) is 21.8. The van der Waals surface area contributed by atoms with Gasteiger partial charge in [-0.15, -0.1) is 0 Å². The molecule has 16 heavy (non-hydrogen) atoms. The van der Waals surface area contributed by atoms with Crippen molar-refractivity contribution in [1.82, 2.24) is 5.32 Å². The van der Waals surface area contributed by atoms with Gasteiger partial charge in [0, 0.05) is 6.54 Å². The number of hydrogen-bond acceptors (Lipinski definition) is 5. The van der Waals surface area contributed by atoms with Crippen LogP contribution in [0.5, 0.6) is 0 Å². The van der Waals surface area contributed by atoms with Crippen LogP contribution in [0.4, 0.5) is 0 Å². The SMILES string of the molecule is CC(C)(C)OC(O)[C@H](O)[C@H]1OCCNC1=O. The lowest BCUT2D eigenvalue weighted by Gasteiger charge is -2.32. The van der Waals surface area contributed by atoms with Gasteiger partial charge in [-0.2, -0.15) is 0 Å². The van der Waals surface area contributed by atoms with Crippen molar-refractivity contribution in [3.8, 4) is 0 Å². The number of rotatable bonds is 3. The van der Waals surface area contributed by atoms with E-state index in [-0.39, 0.29) is 0 Å². The Morgan fingerprint density at radius 2 is 2.12 bits per heavy atom. The lowest BCUT2D eigenvalue weighted by Crippen LogP contribution is -2.54. The van der Waals surface area contributed by atoms with Crippen LogP contribution in [0.3, 0.4) is 0 Å². The molecule has 0 aromatic rings. The number of amides is 1. The number of ether oxygens (including phenoxy) is 2. The van der Waals surface area contributed by atoms with E-state index in [1.54, 1.807) is 20.8 Å². The molecular formula is C10H19NO5. The van der Waals surface area contributed by atoms with E-state index >= 15 is 0 Å². The highest BCUT2D eigenvalue weighted by Gasteiger charge is 2.36. The third kappa shape index (κ3) is 3.71. The summed E-state index contributed by atoms with van der Waals surface area (Å²) in [5.74, 6) is -0.435. The Hall–Kier alpha value is -0.690. The number of aliphatic hydroxyl groups is 2. The van der Waals surface area contributed by atoms with Gasteiger partial charge in [-0.3, -0.25) is 4.79 Å². The molecule has 3 atom stereocenters. The van der Waals surface area contributed by atoms with E-state index in [9.17, 15) is 15.0 Å². The molecule has 94 valence electrons. The Balaban J connectivity index is 2.55. The number of nitrogens with one attached hydrogen (secondary N) is 1. The fourth-order valence-corrected chi connectivity index (χ4v) is 1.37. The standard InChI is InChI=1S/C10H19NO5/c1-10(2,3)16-9(14)6(12)7-8(13)11-4-5-15-7/h6-7,9,12,14H,4-5H2,1-3H3,(H,11,13)/t6-,7-,9?/m1/s1. The first-order chi connectivity index (χ1) is 7.31. The van der Waals surface area contributed by atoms with Crippen molar-refractivity contribution in [1.29, 1.82) is 0 Å². The summed E-state index contributed by atoms with van der Waals surface area (Å²) >= 11 is 0. The first-order valence-corrected chi connectivity index (χ1v) is 5.24. The number of carbonyl (C=O) groups is 1. The third-order valence-corrected chi connectivity index (χ3v) is 2.03. The van der Waals surface area contributed by atoms with Crippen molar-refractivity contribution in [2.75, 3.05) is 13.2 Å². The molecule has 0 saturated carbocycles. The zero-order chi connectivity index (χ0) is 12.3. The molecule has 1 aliphatic heterocycles. The fraction of sp³-hybridized carbons (Fsp3) is 0.900. The van der Waals surface area contributed by atoms with Crippen molar-refractivity contribution < 1.29 is 24.5 Å². The zero-order valence-electron chi connectivity index (χ0n) is 9.77. The molecule has 1 aliphatic rings. The molecular weight excluding hydrogens is 214 g/mol. The van der Waals surface area contributed by atoms with Crippen LogP contribution in [0.1, 0.15) is 20.8 Å². The number of morpholine rings is 1. The largest absolute Gasteiger partial charge is 0.385 e. The Morgan fingerprint density at radius 1 is 1.50 bits per heavy atom. The van der Waals surface area contributed by atoms with Crippen LogP contribution >= 0.6 is 0 Å². The predicted molar refractivity (Wildman–Crippen MR) is 55.6 cm³/mol. The van der Waals surface area contributed by atoms with Gasteiger partial charge in [-0.1, -0.05) is 0 Å². The van der Waals surface area contributed by atoms with Gasteiger partial charge in [0.1, 0.15) is 6.10 Å². The van der Waals surface area contributed by atoms with Gasteiger partial charge in [0.25, 0.3) is 5.91 Å². The molecule has 6 heteroatoms. The quantitative estimate of drug-likeness (QED) is 0.544. The molecule has 0 spiro atoms. The van der Waals surface area contributed by atoms with E-state index < -0.39 is 30.0 Å². The molecule has 6 nitrogen and oxygen atoms in total. The van der Waals surface area contributed by atoms with Crippen LogP contribution in [-0.2, 0) is 14.3 Å². The molecule has 1 heterocycles. The molecule has 0 aromatic heterocycles. The van der Waals surface area contributed by atoms with Crippen molar-refractivity contribution in [2.45, 2.75) is 44.9 Å². The number of aliphatic hydroxyl groups excluding tert-OH is 2. The van der Waals surface area contributed by atoms with Crippen molar-refractivity contribution >= 4 is 5.91 Å². The van der Waals surface area contributed by atoms with Gasteiger partial charge in [0.2, 0.25) is 0 Å². The normalized spacial score (nSPS) is 26.1. The monoisotopic (exact) mass is 233 g/mol. The topological polar surface area (TPSA) is 88.0 Å². The zero-order valence-corrected chi connectivity index (χ0v) is 9.77. The summed E-state index contributed by atoms with van der Waals surface area (Å²) in [5.41, 5.74) is -0.606. The summed E-state index contributed by atoms with van der Waals surface area (Å²) in [4.78, 5) is 11.3. The second-order valence-corrected chi connectivity index (χ2v) is 4.69. The maximum Gasteiger partial charge on any atom is 0.252 e. The van der Waals surface area contributed by atoms with Crippen LogP contribution in [0, 0.1) is 0 Å². The minimum Gasteiger partial charge on any atom is -0.385 e. The number of hydrogen-bond donors (Lipinski definition) is 3. The molecule has 1 amide bonds. The lowest BCUT2D eigenvalue weighted by molar-refractivity contribution is -0.234. The molecule has 0 aromatic carbocycles. The Labute approximate surface area is 94.5 Å². The maximum absolute atomic E-state index is 11.3. The Morgan fingerprint density at radius 3 is 2.62 bits per heavy atom. The van der Waals surface area contributed by atoms with E-state index in [0.717, 1.165) is 0 Å². The highest BCUT2D eigenvalue weighted by atomic mass is 16.6. The molecule has 1 fully saturated rings. The van der Waals surface area contributed by atoms with Gasteiger partial charge in [-0.25, -0.2) is 0 Å². The average molecular weight is 233 g/mol. The van der Waals surface area contributed by atoms with Crippen LogP contribution in [0.15, 0.2) is 0 Å². The highest BCUT2D eigenvalue weighted by Crippen LogP contribution is 2.15. The van der Waals surface area contributed by atoms with Gasteiger partial charge < -0.3 is 25.0 Å². The van der Waals surface area contributed by atoms with E-state index in [4.69, 9.17) is 9.47 Å². The molecule has 0 bridgehead atoms. The van der Waals surface area contributed by atoms with Gasteiger partial charge in [-0.05, 0) is 20.8 Å². The van der Waals surface area contributed by atoms with Crippen LogP contribution in [0.2, 0.25) is 0 Å². The second kappa shape index (κ2) is 5.09. The summed E-state index contributed by atoms with van der Waals surface area (Å²) in [6, 6.07) is 0. The van der Waals surface area contributed by atoms with Crippen molar-refractivity contribution in [2.24, 2.45) is 0 Å². The van der Waals surface area contributed by atoms with E-state index in [1.165, 1.54) is 0 Å². The number of carbonyl (C=O) groups excluding carboxylic acids is 1. The maximum atomic E-state index is 11.3.